The van der Waals surface area contributed by atoms with Crippen molar-refractivity contribution in [3.05, 3.63) is 0 Å². The molecule has 0 aliphatic heterocycles. The Kier molecular flexibility index (Phi) is 26.9. The fourth-order valence-electron chi connectivity index (χ4n) is 0. The summed E-state index contributed by atoms with van der Waals surface area (Å²) < 4.78 is 17.1. The molecule has 0 rings (SSSR count). The first kappa shape index (κ1) is 29.4. The Balaban J connectivity index is -0.0000000267. The monoisotopic (exact) mass is 308 g/mol. The third-order valence-corrected chi connectivity index (χ3v) is 0. The zero-order valence-electron chi connectivity index (χ0n) is 5.89. The quantitative estimate of drug-likeness (QED) is 0.313. The topological polar surface area (TPSA) is 172 Å². The second kappa shape index (κ2) is 11.9. The Morgan fingerprint density at radius 3 is 0.692 bits per heavy atom. The standard InChI is InChI=1S/Fe.Li.Mn.2H3O4P/c;;;2*1-5(2,3)4/h;;;2*(H3,1,2,3,4)/q+3;+1;+2;;/p-6. The molecular formula is FeLiMnO8P2. The molecule has 0 N–H and O–H groups in total. The van der Waals surface area contributed by atoms with E-state index in [-0.39, 0.29) is 53.0 Å². The molecule has 8 nitrogen and oxygen atoms in total. The molecule has 0 aromatic rings. The van der Waals surface area contributed by atoms with Crippen LogP contribution in [0.15, 0.2) is 0 Å². The molecular weight excluding hydrogens is 308 g/mol. The van der Waals surface area contributed by atoms with Crippen molar-refractivity contribution in [2.45, 2.75) is 0 Å². The van der Waals surface area contributed by atoms with E-state index in [2.05, 4.69) is 0 Å². The SMILES string of the molecule is O=P([O-])([O-])[O-].O=P([O-])([O-])[O-].[Fe+3].[Li+].[Mn+2]. The smallest absolute Gasteiger partial charge is 0.822 e. The van der Waals surface area contributed by atoms with Crippen molar-refractivity contribution in [1.29, 1.82) is 0 Å². The van der Waals surface area contributed by atoms with Gasteiger partial charge in [-0.1, -0.05) is 0 Å². The van der Waals surface area contributed by atoms with Crippen LogP contribution >= 0.6 is 15.6 Å². The van der Waals surface area contributed by atoms with Crippen molar-refractivity contribution in [2.75, 3.05) is 0 Å². The minimum absolute atomic E-state index is 0. The van der Waals surface area contributed by atoms with Crippen LogP contribution in [0.3, 0.4) is 0 Å². The van der Waals surface area contributed by atoms with Crippen molar-refractivity contribution in [2.24, 2.45) is 0 Å². The van der Waals surface area contributed by atoms with Crippen LogP contribution in [0.1, 0.15) is 0 Å². The van der Waals surface area contributed by atoms with E-state index in [1.54, 1.807) is 0 Å². The summed E-state index contributed by atoms with van der Waals surface area (Å²) >= 11 is 0. The third kappa shape index (κ3) is 565. The largest absolute Gasteiger partial charge is 3.00 e. The molecule has 13 heteroatoms. The molecule has 0 fully saturated rings. The number of hydrogen-bond donors (Lipinski definition) is 0. The Morgan fingerprint density at radius 2 is 0.692 bits per heavy atom. The maximum atomic E-state index is 8.55. The zero-order valence-corrected chi connectivity index (χ0v) is 9.97. The molecule has 0 bridgehead atoms. The zero-order chi connectivity index (χ0) is 9.00. The van der Waals surface area contributed by atoms with Gasteiger partial charge in [-0.15, -0.1) is 0 Å². The van der Waals surface area contributed by atoms with Crippen LogP contribution in [0.4, 0.5) is 0 Å². The van der Waals surface area contributed by atoms with E-state index < -0.39 is 15.6 Å². The van der Waals surface area contributed by atoms with E-state index in [1.165, 1.54) is 0 Å². The van der Waals surface area contributed by atoms with Gasteiger partial charge in [-0.05, 0) is 0 Å². The van der Waals surface area contributed by atoms with E-state index >= 15 is 0 Å². The van der Waals surface area contributed by atoms with Crippen LogP contribution in [0.25, 0.3) is 0 Å². The molecule has 74 valence electrons. The van der Waals surface area contributed by atoms with Crippen LogP contribution < -0.4 is 48.2 Å². The molecule has 0 aromatic carbocycles. The molecule has 0 aliphatic rings. The van der Waals surface area contributed by atoms with Crippen molar-refractivity contribution >= 4 is 15.6 Å². The van der Waals surface area contributed by atoms with Crippen LogP contribution in [0, 0.1) is 0 Å². The predicted molar refractivity (Wildman–Crippen MR) is 15.2 cm³/mol. The average Bonchev–Trinajstić information content (AvgIpc) is 1.12. The molecule has 0 aromatic heterocycles. The van der Waals surface area contributed by atoms with Crippen molar-refractivity contribution in [3.63, 3.8) is 0 Å². The van der Waals surface area contributed by atoms with Gasteiger partial charge in [0.1, 0.15) is 0 Å². The Morgan fingerprint density at radius 1 is 0.692 bits per heavy atom. The molecule has 0 spiro atoms. The number of hydrogen-bond acceptors (Lipinski definition) is 8. The van der Waals surface area contributed by atoms with E-state index in [9.17, 15) is 0 Å². The van der Waals surface area contributed by atoms with Crippen LogP contribution in [0.5, 0.6) is 0 Å². The first-order valence-electron chi connectivity index (χ1n) is 1.46. The summed E-state index contributed by atoms with van der Waals surface area (Å²) in [5.74, 6) is 0. The maximum absolute atomic E-state index is 8.55. The summed E-state index contributed by atoms with van der Waals surface area (Å²) in [5, 5.41) is 0. The summed E-state index contributed by atoms with van der Waals surface area (Å²) in [5.41, 5.74) is 0. The molecule has 0 atom stereocenters. The minimum atomic E-state index is -5.39. The first-order valence-corrected chi connectivity index (χ1v) is 4.38. The van der Waals surface area contributed by atoms with Crippen molar-refractivity contribution in [3.8, 4) is 0 Å². The van der Waals surface area contributed by atoms with Gasteiger partial charge in [0.05, 0.1) is 0 Å². The molecule has 13 heavy (non-hydrogen) atoms. The molecule has 0 saturated heterocycles. The Hall–Kier alpha value is 1.86. The molecule has 0 saturated carbocycles. The Labute approximate surface area is 107 Å². The number of rotatable bonds is 0. The number of phosphoric acid groups is 2. The van der Waals surface area contributed by atoms with Gasteiger partial charge >= 0.3 is 53.0 Å². The van der Waals surface area contributed by atoms with E-state index in [0.717, 1.165) is 0 Å². The minimum Gasteiger partial charge on any atom is -0.822 e. The average molecular weight is 308 g/mol. The van der Waals surface area contributed by atoms with E-state index in [4.69, 9.17) is 38.5 Å². The van der Waals surface area contributed by atoms with Crippen LogP contribution in [-0.2, 0) is 43.3 Å². The van der Waals surface area contributed by atoms with Gasteiger partial charge in [0.2, 0.25) is 0 Å². The van der Waals surface area contributed by atoms with Gasteiger partial charge in [0, 0.05) is 0 Å². The Bertz CT molecular complexity index is 134. The first-order chi connectivity index (χ1) is 4.00. The summed E-state index contributed by atoms with van der Waals surface area (Å²) in [6, 6.07) is 0. The fourth-order valence-corrected chi connectivity index (χ4v) is 0. The third-order valence-electron chi connectivity index (χ3n) is 0. The van der Waals surface area contributed by atoms with Gasteiger partial charge in [0.25, 0.3) is 0 Å². The summed E-state index contributed by atoms with van der Waals surface area (Å²) in [7, 11) is -10.8. The van der Waals surface area contributed by atoms with Gasteiger partial charge in [-0.2, -0.15) is 15.6 Å². The molecule has 0 amide bonds. The van der Waals surface area contributed by atoms with Crippen LogP contribution in [-0.4, -0.2) is 0 Å². The molecule has 0 unspecified atom stereocenters. The predicted octanol–water partition coefficient (Wildman–Crippen LogP) is -8.65. The fraction of sp³-hybridized carbons (Fsp3) is 0. The molecule has 2 radical (unpaired) electrons. The summed E-state index contributed by atoms with van der Waals surface area (Å²) in [6.45, 7) is 0. The van der Waals surface area contributed by atoms with Crippen molar-refractivity contribution in [1.82, 2.24) is 0 Å². The van der Waals surface area contributed by atoms with Crippen molar-refractivity contribution < 1.29 is 91.5 Å². The normalized spacial score (nSPS) is 9.08. The van der Waals surface area contributed by atoms with Gasteiger partial charge < -0.3 is 38.5 Å². The van der Waals surface area contributed by atoms with Gasteiger partial charge in [0.15, 0.2) is 0 Å². The van der Waals surface area contributed by atoms with Crippen LogP contribution in [0.2, 0.25) is 0 Å². The maximum Gasteiger partial charge on any atom is 3.00 e. The second-order valence-corrected chi connectivity index (χ2v) is 2.68. The molecule has 0 heterocycles. The second-order valence-electron chi connectivity index (χ2n) is 0.894. The van der Waals surface area contributed by atoms with Gasteiger partial charge in [-0.25, -0.2) is 0 Å². The summed E-state index contributed by atoms with van der Waals surface area (Å²) in [6.07, 6.45) is 0. The van der Waals surface area contributed by atoms with Gasteiger partial charge in [-0.3, -0.25) is 0 Å². The molecule has 0 aliphatic carbocycles. The van der Waals surface area contributed by atoms with E-state index in [0.29, 0.717) is 0 Å². The summed E-state index contributed by atoms with van der Waals surface area (Å²) in [4.78, 5) is 51.3. The van der Waals surface area contributed by atoms with E-state index in [1.807, 2.05) is 0 Å².